The van der Waals surface area contributed by atoms with E-state index in [2.05, 4.69) is 0 Å². The molecule has 0 aliphatic heterocycles. The average Bonchev–Trinajstić information content (AvgIpc) is 1.87. The Morgan fingerprint density at radius 1 is 1.40 bits per heavy atom. The third kappa shape index (κ3) is 3.44. The first-order valence-electron chi connectivity index (χ1n) is 3.31. The first-order valence-corrected chi connectivity index (χ1v) is 3.31. The Balaban J connectivity index is 3.59. The summed E-state index contributed by atoms with van der Waals surface area (Å²) in [6.45, 7) is 5.02. The molecule has 10 heavy (non-hydrogen) atoms. The lowest BCUT2D eigenvalue weighted by Crippen LogP contribution is -2.26. The number of rotatable bonds is 3. The van der Waals surface area contributed by atoms with Crippen molar-refractivity contribution in [1.29, 1.82) is 5.26 Å². The molecule has 0 amide bonds. The molecule has 0 aliphatic rings. The lowest BCUT2D eigenvalue weighted by atomic mass is 10.2. The molecule has 0 fully saturated rings. The Morgan fingerprint density at radius 3 is 2.20 bits per heavy atom. The number of nitrogens with zero attached hydrogens (tertiary/aromatic N) is 1. The zero-order chi connectivity index (χ0) is 8.15. The Morgan fingerprint density at radius 2 is 1.90 bits per heavy atom. The molecule has 0 aromatic carbocycles. The molecular weight excluding hydrogens is 130 g/mol. The first-order chi connectivity index (χ1) is 4.57. The van der Waals surface area contributed by atoms with Gasteiger partial charge in [-0.1, -0.05) is 0 Å². The smallest absolute Gasteiger partial charge is 0.141 e. The third-order valence-electron chi connectivity index (χ3n) is 1.28. The van der Waals surface area contributed by atoms with E-state index in [1.807, 2.05) is 6.07 Å². The van der Waals surface area contributed by atoms with Crippen molar-refractivity contribution in [2.75, 3.05) is 0 Å². The maximum atomic E-state index is 8.93. The van der Waals surface area contributed by atoms with Crippen molar-refractivity contribution in [2.24, 2.45) is 0 Å². The van der Waals surface area contributed by atoms with Crippen molar-refractivity contribution >= 4 is 0 Å². The molecule has 0 rings (SSSR count). The van der Waals surface area contributed by atoms with Crippen LogP contribution in [-0.2, 0) is 4.74 Å². The van der Waals surface area contributed by atoms with Crippen molar-refractivity contribution in [3.05, 3.63) is 0 Å². The molecule has 0 spiro atoms. The van der Waals surface area contributed by atoms with Gasteiger partial charge in [0.1, 0.15) is 6.10 Å². The van der Waals surface area contributed by atoms with Gasteiger partial charge < -0.3 is 9.84 Å². The summed E-state index contributed by atoms with van der Waals surface area (Å²) >= 11 is 0. The van der Waals surface area contributed by atoms with Gasteiger partial charge in [0, 0.05) is 0 Å². The Hall–Kier alpha value is -0.590. The van der Waals surface area contributed by atoms with Crippen LogP contribution in [-0.4, -0.2) is 23.4 Å². The predicted octanol–water partition coefficient (Wildman–Crippen LogP) is 0.684. The molecule has 0 aromatic heterocycles. The van der Waals surface area contributed by atoms with E-state index >= 15 is 0 Å². The second-order valence-corrected chi connectivity index (χ2v) is 2.35. The van der Waals surface area contributed by atoms with E-state index in [0.29, 0.717) is 0 Å². The summed E-state index contributed by atoms with van der Waals surface area (Å²) in [5.74, 6) is 0. The van der Waals surface area contributed by atoms with E-state index in [0.717, 1.165) is 0 Å². The fourth-order valence-corrected chi connectivity index (χ4v) is 0.466. The number of hydrogen-bond acceptors (Lipinski definition) is 3. The van der Waals surface area contributed by atoms with Crippen LogP contribution in [0.1, 0.15) is 20.8 Å². The Labute approximate surface area is 61.2 Å². The minimum absolute atomic E-state index is 0.269. The molecule has 0 radical (unpaired) electrons. The van der Waals surface area contributed by atoms with Crippen LogP contribution in [0, 0.1) is 11.3 Å². The van der Waals surface area contributed by atoms with Crippen molar-refractivity contribution in [3.63, 3.8) is 0 Å². The maximum Gasteiger partial charge on any atom is 0.141 e. The number of hydrogen-bond donors (Lipinski definition) is 1. The number of nitriles is 1. The van der Waals surface area contributed by atoms with E-state index in [1.54, 1.807) is 20.8 Å². The summed E-state index contributed by atoms with van der Waals surface area (Å²) in [4.78, 5) is 0. The summed E-state index contributed by atoms with van der Waals surface area (Å²) in [5, 5.41) is 17.2. The average molecular weight is 143 g/mol. The van der Waals surface area contributed by atoms with Crippen molar-refractivity contribution in [1.82, 2.24) is 0 Å². The van der Waals surface area contributed by atoms with Crippen LogP contribution in [0.4, 0.5) is 0 Å². The third-order valence-corrected chi connectivity index (χ3v) is 1.28. The lowest BCUT2D eigenvalue weighted by Gasteiger charge is -2.16. The van der Waals surface area contributed by atoms with E-state index in [4.69, 9.17) is 15.1 Å². The van der Waals surface area contributed by atoms with Crippen molar-refractivity contribution in [3.8, 4) is 6.07 Å². The highest BCUT2D eigenvalue weighted by molar-refractivity contribution is 4.80. The molecule has 3 unspecified atom stereocenters. The van der Waals surface area contributed by atoms with Gasteiger partial charge >= 0.3 is 0 Å². The summed E-state index contributed by atoms with van der Waals surface area (Å²) in [6, 6.07) is 1.92. The molecular formula is C7H13NO2. The van der Waals surface area contributed by atoms with Crippen LogP contribution in [0.15, 0.2) is 0 Å². The van der Waals surface area contributed by atoms with Gasteiger partial charge in [0.15, 0.2) is 0 Å². The zero-order valence-electron chi connectivity index (χ0n) is 6.53. The summed E-state index contributed by atoms with van der Waals surface area (Å²) < 4.78 is 5.05. The predicted molar refractivity (Wildman–Crippen MR) is 37.3 cm³/mol. The summed E-state index contributed by atoms with van der Waals surface area (Å²) in [5.41, 5.74) is 0. The second-order valence-electron chi connectivity index (χ2n) is 2.35. The molecule has 0 saturated carbocycles. The molecule has 3 nitrogen and oxygen atoms in total. The number of aliphatic hydroxyl groups is 1. The van der Waals surface area contributed by atoms with Gasteiger partial charge in [-0.25, -0.2) is 0 Å². The molecule has 0 heterocycles. The maximum absolute atomic E-state index is 8.93. The largest absolute Gasteiger partial charge is 0.391 e. The normalized spacial score (nSPS) is 19.1. The summed E-state index contributed by atoms with van der Waals surface area (Å²) in [6.07, 6.45) is -1.23. The molecule has 1 N–H and O–H groups in total. The van der Waals surface area contributed by atoms with Crippen LogP contribution in [0.3, 0.4) is 0 Å². The van der Waals surface area contributed by atoms with Gasteiger partial charge in [0.25, 0.3) is 0 Å². The monoisotopic (exact) mass is 143 g/mol. The quantitative estimate of drug-likeness (QED) is 0.632. The van der Waals surface area contributed by atoms with Gasteiger partial charge in [0.05, 0.1) is 18.3 Å². The highest BCUT2D eigenvalue weighted by atomic mass is 16.5. The molecule has 0 aromatic rings. The van der Waals surface area contributed by atoms with Gasteiger partial charge in [-0.15, -0.1) is 0 Å². The number of aliphatic hydroxyl groups excluding tert-OH is 1. The van der Waals surface area contributed by atoms with Gasteiger partial charge in [0.2, 0.25) is 0 Å². The Kier molecular flexibility index (Phi) is 4.01. The van der Waals surface area contributed by atoms with E-state index < -0.39 is 12.2 Å². The first kappa shape index (κ1) is 9.41. The zero-order valence-corrected chi connectivity index (χ0v) is 6.53. The number of ether oxygens (including phenoxy) is 1. The molecule has 0 bridgehead atoms. The highest BCUT2D eigenvalue weighted by Gasteiger charge is 2.11. The lowest BCUT2D eigenvalue weighted by molar-refractivity contribution is -0.0354. The van der Waals surface area contributed by atoms with Crippen LogP contribution in [0.25, 0.3) is 0 Å². The molecule has 3 atom stereocenters. The standard InChI is InChI=1S/C7H13NO2/c1-5(4-8)10-7(3)6(2)9/h5-7,9H,1-3H3. The molecule has 0 aliphatic carbocycles. The molecule has 3 heteroatoms. The van der Waals surface area contributed by atoms with Gasteiger partial charge in [-0.3, -0.25) is 0 Å². The molecule has 0 saturated heterocycles. The fourth-order valence-electron chi connectivity index (χ4n) is 0.466. The van der Waals surface area contributed by atoms with Gasteiger partial charge in [-0.05, 0) is 20.8 Å². The SMILES string of the molecule is CC(C#N)OC(C)C(C)O. The highest BCUT2D eigenvalue weighted by Crippen LogP contribution is 2.00. The topological polar surface area (TPSA) is 53.2 Å². The van der Waals surface area contributed by atoms with Crippen LogP contribution < -0.4 is 0 Å². The van der Waals surface area contributed by atoms with Gasteiger partial charge in [-0.2, -0.15) is 5.26 Å². The fraction of sp³-hybridized carbons (Fsp3) is 0.857. The molecule has 58 valence electrons. The minimum atomic E-state index is -0.518. The van der Waals surface area contributed by atoms with E-state index in [-0.39, 0.29) is 6.10 Å². The van der Waals surface area contributed by atoms with Crippen LogP contribution in [0.5, 0.6) is 0 Å². The second kappa shape index (κ2) is 4.26. The van der Waals surface area contributed by atoms with E-state index in [9.17, 15) is 0 Å². The minimum Gasteiger partial charge on any atom is -0.391 e. The Bertz CT molecular complexity index is 128. The van der Waals surface area contributed by atoms with Crippen LogP contribution in [0.2, 0.25) is 0 Å². The summed E-state index contributed by atoms with van der Waals surface area (Å²) in [7, 11) is 0. The van der Waals surface area contributed by atoms with Crippen molar-refractivity contribution < 1.29 is 9.84 Å². The van der Waals surface area contributed by atoms with E-state index in [1.165, 1.54) is 0 Å². The van der Waals surface area contributed by atoms with Crippen molar-refractivity contribution in [2.45, 2.75) is 39.1 Å². The van der Waals surface area contributed by atoms with Crippen LogP contribution >= 0.6 is 0 Å².